The number of nitrogens with zero attached hydrogens (tertiary/aromatic N) is 3. The number of nitro groups is 1. The maximum Gasteiger partial charge on any atom is 0.280 e. The summed E-state index contributed by atoms with van der Waals surface area (Å²) in [6, 6.07) is 10.3. The van der Waals surface area contributed by atoms with Crippen molar-refractivity contribution in [2.75, 3.05) is 12.4 Å². The van der Waals surface area contributed by atoms with Crippen LogP contribution >= 0.6 is 11.3 Å². The fraction of sp³-hybridized carbons (Fsp3) is 0.105. The van der Waals surface area contributed by atoms with Crippen molar-refractivity contribution in [3.8, 4) is 5.75 Å². The van der Waals surface area contributed by atoms with Crippen molar-refractivity contribution in [3.05, 3.63) is 64.0 Å². The predicted molar refractivity (Wildman–Crippen MR) is 107 cm³/mol. The minimum atomic E-state index is -0.477. The quantitative estimate of drug-likeness (QED) is 0.408. The first-order chi connectivity index (χ1) is 13.5. The zero-order valence-electron chi connectivity index (χ0n) is 14.9. The highest BCUT2D eigenvalue weighted by Crippen LogP contribution is 2.32. The van der Waals surface area contributed by atoms with Crippen molar-refractivity contribution in [1.29, 1.82) is 0 Å². The Bertz CT molecular complexity index is 1250. The molecule has 28 heavy (non-hydrogen) atoms. The molecule has 0 spiro atoms. The molecule has 0 aliphatic carbocycles. The summed E-state index contributed by atoms with van der Waals surface area (Å²) in [5.74, 6) is 0.224. The number of carbonyl (C=O) groups is 1. The number of anilines is 1. The summed E-state index contributed by atoms with van der Waals surface area (Å²) in [4.78, 5) is 32.3. The number of benzene rings is 2. The summed E-state index contributed by atoms with van der Waals surface area (Å²) >= 11 is 1.31. The number of methoxy groups -OCH3 is 1. The molecule has 2 heterocycles. The van der Waals surface area contributed by atoms with Gasteiger partial charge in [0.05, 0.1) is 27.6 Å². The van der Waals surface area contributed by atoms with E-state index in [1.807, 2.05) is 12.1 Å². The number of aryl methyl sites for hydroxylation is 1. The summed E-state index contributed by atoms with van der Waals surface area (Å²) in [5.41, 5.74) is 1.34. The molecule has 1 N–H and O–H groups in total. The number of carbonyl (C=O) groups excluding carboxylic acids is 1. The zero-order chi connectivity index (χ0) is 19.8. The van der Waals surface area contributed by atoms with Crippen LogP contribution in [0.4, 0.5) is 10.8 Å². The van der Waals surface area contributed by atoms with Crippen molar-refractivity contribution in [2.24, 2.45) is 0 Å². The average molecular weight is 394 g/mol. The molecule has 0 radical (unpaired) electrons. The fourth-order valence-corrected chi connectivity index (χ4v) is 3.90. The molecule has 0 aliphatic rings. The van der Waals surface area contributed by atoms with Gasteiger partial charge in [0.25, 0.3) is 11.6 Å². The van der Waals surface area contributed by atoms with E-state index in [1.54, 1.807) is 38.3 Å². The molecular weight excluding hydrogens is 380 g/mol. The first-order valence-electron chi connectivity index (χ1n) is 8.26. The average Bonchev–Trinajstić information content (AvgIpc) is 3.07. The third kappa shape index (κ3) is 3.01. The van der Waals surface area contributed by atoms with E-state index in [1.165, 1.54) is 17.5 Å². The second-order valence-electron chi connectivity index (χ2n) is 6.05. The van der Waals surface area contributed by atoms with Crippen LogP contribution in [-0.2, 0) is 0 Å². The number of nitrogens with one attached hydrogen (secondary N) is 1. The highest BCUT2D eigenvalue weighted by molar-refractivity contribution is 7.22. The van der Waals surface area contributed by atoms with Crippen LogP contribution in [0.1, 0.15) is 16.1 Å². The van der Waals surface area contributed by atoms with Crippen LogP contribution in [0.3, 0.4) is 0 Å². The maximum absolute atomic E-state index is 12.8. The highest BCUT2D eigenvalue weighted by Gasteiger charge is 2.21. The minimum absolute atomic E-state index is 0.0268. The molecular formula is C19H14N4O4S. The number of aromatic nitrogens is 2. The van der Waals surface area contributed by atoms with E-state index in [2.05, 4.69) is 15.3 Å². The van der Waals surface area contributed by atoms with Crippen molar-refractivity contribution in [2.45, 2.75) is 6.92 Å². The smallest absolute Gasteiger partial charge is 0.280 e. The van der Waals surface area contributed by atoms with Crippen LogP contribution in [0.5, 0.6) is 5.75 Å². The molecule has 4 aromatic rings. The Morgan fingerprint density at radius 2 is 2.04 bits per heavy atom. The number of fused-ring (bicyclic) bond motifs is 2. The zero-order valence-corrected chi connectivity index (χ0v) is 15.7. The van der Waals surface area contributed by atoms with E-state index in [4.69, 9.17) is 4.74 Å². The van der Waals surface area contributed by atoms with Gasteiger partial charge in [-0.2, -0.15) is 0 Å². The molecule has 9 heteroatoms. The highest BCUT2D eigenvalue weighted by atomic mass is 32.1. The second-order valence-corrected chi connectivity index (χ2v) is 7.08. The Hall–Kier alpha value is -3.59. The number of hydrogen-bond acceptors (Lipinski definition) is 7. The monoisotopic (exact) mass is 394 g/mol. The van der Waals surface area contributed by atoms with Crippen LogP contribution in [0.25, 0.3) is 21.0 Å². The van der Waals surface area contributed by atoms with Gasteiger partial charge in [0, 0.05) is 17.1 Å². The van der Waals surface area contributed by atoms with Crippen LogP contribution in [0.2, 0.25) is 0 Å². The lowest BCUT2D eigenvalue weighted by atomic mass is 10.0. The number of amides is 1. The molecule has 0 bridgehead atoms. The van der Waals surface area contributed by atoms with E-state index in [-0.39, 0.29) is 11.4 Å². The molecule has 8 nitrogen and oxygen atoms in total. The first kappa shape index (κ1) is 17.8. The van der Waals surface area contributed by atoms with E-state index < -0.39 is 10.8 Å². The number of pyridine rings is 1. The molecule has 0 unspecified atom stereocenters. The summed E-state index contributed by atoms with van der Waals surface area (Å²) < 4.78 is 6.06. The molecule has 2 aromatic heterocycles. The molecule has 0 saturated carbocycles. The number of nitro benzene ring substituents is 1. The van der Waals surface area contributed by atoms with Crippen molar-refractivity contribution in [1.82, 2.24) is 9.97 Å². The van der Waals surface area contributed by atoms with Gasteiger partial charge >= 0.3 is 0 Å². The molecule has 0 saturated heterocycles. The lowest BCUT2D eigenvalue weighted by Gasteiger charge is -2.07. The van der Waals surface area contributed by atoms with Crippen molar-refractivity contribution >= 4 is 49.1 Å². The molecule has 2 aromatic carbocycles. The normalized spacial score (nSPS) is 10.9. The van der Waals surface area contributed by atoms with E-state index in [0.29, 0.717) is 27.2 Å². The molecule has 4 rings (SSSR count). The van der Waals surface area contributed by atoms with Crippen LogP contribution in [-0.4, -0.2) is 27.9 Å². The number of ether oxygens (including phenoxy) is 1. The van der Waals surface area contributed by atoms with Crippen molar-refractivity contribution in [3.63, 3.8) is 0 Å². The van der Waals surface area contributed by atoms with E-state index >= 15 is 0 Å². The van der Waals surface area contributed by atoms with Gasteiger partial charge in [0.15, 0.2) is 5.13 Å². The Labute approximate surface area is 163 Å². The predicted octanol–water partition coefficient (Wildman–Crippen LogP) is 4.32. The van der Waals surface area contributed by atoms with Crippen LogP contribution in [0.15, 0.2) is 42.6 Å². The molecule has 0 aliphatic heterocycles. The molecule has 0 fully saturated rings. The minimum Gasteiger partial charge on any atom is -0.497 e. The largest absolute Gasteiger partial charge is 0.497 e. The molecule has 0 atom stereocenters. The van der Waals surface area contributed by atoms with E-state index in [0.717, 1.165) is 10.2 Å². The lowest BCUT2D eigenvalue weighted by Crippen LogP contribution is -2.14. The first-order valence-corrected chi connectivity index (χ1v) is 9.08. The summed E-state index contributed by atoms with van der Waals surface area (Å²) in [6.07, 6.45) is 1.40. The number of hydrogen-bond donors (Lipinski definition) is 1. The number of thiazole rings is 1. The third-order valence-electron chi connectivity index (χ3n) is 4.33. The lowest BCUT2D eigenvalue weighted by molar-refractivity contribution is -0.383. The summed E-state index contributed by atoms with van der Waals surface area (Å²) in [6.45, 7) is 1.66. The Morgan fingerprint density at radius 3 is 2.79 bits per heavy atom. The Morgan fingerprint density at radius 1 is 1.21 bits per heavy atom. The standard InChI is InChI=1S/C19H14N4O4S/c1-10-3-5-12-13(17(10)23(25)26)7-8-20-16(12)18(24)22-19-21-14-6-4-11(27-2)9-15(14)28-19/h3-9H,1-2H3,(H,21,22,24). The SMILES string of the molecule is COc1ccc2nc(NC(=O)c3nccc4c([N+](=O)[O-])c(C)ccc34)sc2c1. The Kier molecular flexibility index (Phi) is 4.36. The maximum atomic E-state index is 12.8. The summed E-state index contributed by atoms with van der Waals surface area (Å²) in [5, 5.41) is 15.4. The Balaban J connectivity index is 1.73. The van der Waals surface area contributed by atoms with Gasteiger partial charge in [0.1, 0.15) is 11.4 Å². The fourth-order valence-electron chi connectivity index (χ4n) is 3.01. The van der Waals surface area contributed by atoms with Gasteiger partial charge in [-0.05, 0) is 31.2 Å². The summed E-state index contributed by atoms with van der Waals surface area (Å²) in [7, 11) is 1.58. The van der Waals surface area contributed by atoms with Crippen molar-refractivity contribution < 1.29 is 14.5 Å². The van der Waals surface area contributed by atoms with Crippen LogP contribution in [0, 0.1) is 17.0 Å². The van der Waals surface area contributed by atoms with Gasteiger partial charge in [0.2, 0.25) is 0 Å². The van der Waals surface area contributed by atoms with Crippen LogP contribution < -0.4 is 10.1 Å². The van der Waals surface area contributed by atoms with Gasteiger partial charge in [-0.1, -0.05) is 23.5 Å². The topological polar surface area (TPSA) is 107 Å². The van der Waals surface area contributed by atoms with Gasteiger partial charge in [-0.25, -0.2) is 4.98 Å². The van der Waals surface area contributed by atoms with E-state index in [9.17, 15) is 14.9 Å². The third-order valence-corrected chi connectivity index (χ3v) is 5.27. The molecule has 140 valence electrons. The van der Waals surface area contributed by atoms with Gasteiger partial charge in [-0.3, -0.25) is 25.2 Å². The molecule has 1 amide bonds. The van der Waals surface area contributed by atoms with Gasteiger partial charge in [-0.15, -0.1) is 0 Å². The number of rotatable bonds is 4. The second kappa shape index (κ2) is 6.86. The van der Waals surface area contributed by atoms with Gasteiger partial charge < -0.3 is 4.74 Å².